The summed E-state index contributed by atoms with van der Waals surface area (Å²) in [6.45, 7) is 2.42. The van der Waals surface area contributed by atoms with Crippen molar-refractivity contribution in [3.63, 3.8) is 0 Å². The second kappa shape index (κ2) is 7.89. The zero-order chi connectivity index (χ0) is 19.7. The first-order chi connectivity index (χ1) is 12.8. The van der Waals surface area contributed by atoms with Crippen LogP contribution < -0.4 is 0 Å². The third-order valence-corrected chi connectivity index (χ3v) is 7.47. The molecule has 1 heterocycles. The molecule has 0 aromatic heterocycles. The smallest absolute Gasteiger partial charge is 0.335 e. The van der Waals surface area contributed by atoms with E-state index >= 15 is 0 Å². The van der Waals surface area contributed by atoms with Crippen molar-refractivity contribution >= 4 is 27.4 Å². The Balaban J connectivity index is 1.93. The zero-order valence-corrected chi connectivity index (χ0v) is 16.6. The Bertz CT molecular complexity index is 859. The number of esters is 1. The first-order valence-corrected chi connectivity index (χ1v) is 11.0. The van der Waals surface area contributed by atoms with E-state index in [2.05, 4.69) is 0 Å². The van der Waals surface area contributed by atoms with Crippen molar-refractivity contribution in [1.29, 1.82) is 0 Å². The molecule has 2 aliphatic rings. The van der Waals surface area contributed by atoms with Crippen LogP contribution in [0.25, 0.3) is 0 Å². The van der Waals surface area contributed by atoms with Crippen LogP contribution in [0.3, 0.4) is 0 Å². The molecule has 1 saturated heterocycles. The highest BCUT2D eigenvalue weighted by atomic mass is 35.5. The first-order valence-electron chi connectivity index (χ1n) is 8.96. The molecule has 0 bridgehead atoms. The molecule has 1 aliphatic heterocycles. The van der Waals surface area contributed by atoms with Gasteiger partial charge in [-0.2, -0.15) is 0 Å². The van der Waals surface area contributed by atoms with Crippen molar-refractivity contribution in [2.45, 2.75) is 49.2 Å². The number of carbonyl (C=O) groups is 1. The standard InChI is InChI=1S/C19H22ClFO5S/c1-2-25-18(22)15-11-19(7-3-9-26-19)8-6-17(15)27(23,24)12-13-4-5-14(21)10-16(13)20/h4-5,10-11,17H,2-3,6-9,12H2,1H3. The van der Waals surface area contributed by atoms with Crippen molar-refractivity contribution in [1.82, 2.24) is 0 Å². The van der Waals surface area contributed by atoms with Crippen LogP contribution >= 0.6 is 11.6 Å². The minimum atomic E-state index is -3.76. The predicted molar refractivity (Wildman–Crippen MR) is 99.7 cm³/mol. The quantitative estimate of drug-likeness (QED) is 0.686. The number of ether oxygens (including phenoxy) is 2. The van der Waals surface area contributed by atoms with Crippen molar-refractivity contribution in [2.75, 3.05) is 13.2 Å². The third kappa shape index (κ3) is 4.36. The van der Waals surface area contributed by atoms with Crippen LogP contribution in [0.15, 0.2) is 29.8 Å². The molecule has 0 amide bonds. The number of rotatable bonds is 5. The van der Waals surface area contributed by atoms with Gasteiger partial charge in [0.2, 0.25) is 0 Å². The highest BCUT2D eigenvalue weighted by Gasteiger charge is 2.44. The van der Waals surface area contributed by atoms with Gasteiger partial charge >= 0.3 is 5.97 Å². The number of hydrogen-bond acceptors (Lipinski definition) is 5. The number of halogens is 2. The van der Waals surface area contributed by atoms with Gasteiger partial charge in [0, 0.05) is 11.6 Å². The molecule has 0 radical (unpaired) electrons. The Morgan fingerprint density at radius 1 is 1.41 bits per heavy atom. The average Bonchev–Trinajstić information content (AvgIpc) is 3.05. The number of sulfone groups is 1. The maximum absolute atomic E-state index is 13.2. The second-order valence-electron chi connectivity index (χ2n) is 6.91. The number of hydrogen-bond donors (Lipinski definition) is 0. The Hall–Kier alpha value is -1.44. The molecule has 0 N–H and O–H groups in total. The highest BCUT2D eigenvalue weighted by Crippen LogP contribution is 2.41. The minimum Gasteiger partial charge on any atom is -0.463 e. The summed E-state index contributed by atoms with van der Waals surface area (Å²) in [7, 11) is -3.76. The molecule has 1 aromatic carbocycles. The molecule has 2 atom stereocenters. The molecule has 2 unspecified atom stereocenters. The molecule has 1 aliphatic carbocycles. The molecule has 148 valence electrons. The molecule has 3 rings (SSSR count). The number of carbonyl (C=O) groups excluding carboxylic acids is 1. The van der Waals surface area contributed by atoms with Gasteiger partial charge in [0.1, 0.15) is 5.82 Å². The molecule has 8 heteroatoms. The fourth-order valence-electron chi connectivity index (χ4n) is 3.74. The van der Waals surface area contributed by atoms with Crippen molar-refractivity contribution in [3.05, 3.63) is 46.3 Å². The summed E-state index contributed by atoms with van der Waals surface area (Å²) in [5.74, 6) is -1.54. The zero-order valence-electron chi connectivity index (χ0n) is 15.0. The van der Waals surface area contributed by atoms with Gasteiger partial charge in [-0.15, -0.1) is 0 Å². The van der Waals surface area contributed by atoms with E-state index in [1.165, 1.54) is 12.1 Å². The van der Waals surface area contributed by atoms with Crippen molar-refractivity contribution in [3.8, 4) is 0 Å². The van der Waals surface area contributed by atoms with Gasteiger partial charge < -0.3 is 9.47 Å². The average molecular weight is 417 g/mol. The summed E-state index contributed by atoms with van der Waals surface area (Å²) in [6.07, 6.45) is 4.07. The molecule has 0 saturated carbocycles. The van der Waals surface area contributed by atoms with E-state index in [1.54, 1.807) is 13.0 Å². The maximum Gasteiger partial charge on any atom is 0.335 e. The summed E-state index contributed by atoms with van der Waals surface area (Å²) in [4.78, 5) is 12.5. The van der Waals surface area contributed by atoms with Crippen LogP contribution in [0.5, 0.6) is 0 Å². The maximum atomic E-state index is 13.2. The third-order valence-electron chi connectivity index (χ3n) is 5.05. The largest absolute Gasteiger partial charge is 0.463 e. The van der Waals surface area contributed by atoms with E-state index in [0.29, 0.717) is 18.6 Å². The van der Waals surface area contributed by atoms with Gasteiger partial charge in [-0.3, -0.25) is 0 Å². The van der Waals surface area contributed by atoms with Crippen LogP contribution in [-0.4, -0.2) is 38.5 Å². The van der Waals surface area contributed by atoms with Gasteiger partial charge in [-0.25, -0.2) is 17.6 Å². The monoisotopic (exact) mass is 416 g/mol. The van der Waals surface area contributed by atoms with E-state index in [0.717, 1.165) is 18.9 Å². The molecular weight excluding hydrogens is 395 g/mol. The van der Waals surface area contributed by atoms with Crippen LogP contribution in [0.2, 0.25) is 5.02 Å². The molecule has 1 spiro atoms. The van der Waals surface area contributed by atoms with Crippen LogP contribution in [0.4, 0.5) is 4.39 Å². The molecule has 27 heavy (non-hydrogen) atoms. The van der Waals surface area contributed by atoms with E-state index in [-0.39, 0.29) is 29.4 Å². The van der Waals surface area contributed by atoms with Gasteiger partial charge in [0.05, 0.1) is 28.8 Å². The summed E-state index contributed by atoms with van der Waals surface area (Å²) in [6, 6.07) is 3.60. The lowest BCUT2D eigenvalue weighted by Crippen LogP contribution is -2.40. The topological polar surface area (TPSA) is 69.7 Å². The summed E-state index contributed by atoms with van der Waals surface area (Å²) >= 11 is 5.99. The summed E-state index contributed by atoms with van der Waals surface area (Å²) < 4.78 is 50.3. The van der Waals surface area contributed by atoms with E-state index in [4.69, 9.17) is 21.1 Å². The lowest BCUT2D eigenvalue weighted by Gasteiger charge is -2.34. The van der Waals surface area contributed by atoms with Crippen LogP contribution in [-0.2, 0) is 29.9 Å². The van der Waals surface area contributed by atoms with Gasteiger partial charge in [0.25, 0.3) is 0 Å². The second-order valence-corrected chi connectivity index (χ2v) is 9.50. The Kier molecular flexibility index (Phi) is 5.93. The normalized spacial score (nSPS) is 25.4. The SMILES string of the molecule is CCOC(=O)C1=CC2(CCCO2)CCC1S(=O)(=O)Cc1ccc(F)cc1Cl. The number of benzene rings is 1. The van der Waals surface area contributed by atoms with Gasteiger partial charge in [0.15, 0.2) is 9.84 Å². The summed E-state index contributed by atoms with van der Waals surface area (Å²) in [5, 5.41) is -0.945. The molecule has 5 nitrogen and oxygen atoms in total. The molecule has 1 aromatic rings. The van der Waals surface area contributed by atoms with Gasteiger partial charge in [-0.1, -0.05) is 17.7 Å². The van der Waals surface area contributed by atoms with Crippen LogP contribution in [0.1, 0.15) is 38.2 Å². The van der Waals surface area contributed by atoms with Crippen molar-refractivity contribution < 1.29 is 27.1 Å². The van der Waals surface area contributed by atoms with Gasteiger partial charge in [-0.05, 0) is 56.4 Å². The minimum absolute atomic E-state index is 0.0478. The highest BCUT2D eigenvalue weighted by molar-refractivity contribution is 7.91. The fraction of sp³-hybridized carbons (Fsp3) is 0.526. The molecule has 1 fully saturated rings. The predicted octanol–water partition coefficient (Wildman–Crippen LogP) is 3.60. The summed E-state index contributed by atoms with van der Waals surface area (Å²) in [5.41, 5.74) is -0.149. The lowest BCUT2D eigenvalue weighted by molar-refractivity contribution is -0.139. The van der Waals surface area contributed by atoms with E-state index < -0.39 is 32.5 Å². The fourth-order valence-corrected chi connectivity index (χ4v) is 5.97. The molecular formula is C19H22ClFO5S. The first kappa shape index (κ1) is 20.3. The lowest BCUT2D eigenvalue weighted by atomic mass is 9.84. The Morgan fingerprint density at radius 2 is 2.19 bits per heavy atom. The van der Waals surface area contributed by atoms with E-state index in [9.17, 15) is 17.6 Å². The van der Waals surface area contributed by atoms with E-state index in [1.807, 2.05) is 0 Å². The van der Waals surface area contributed by atoms with Crippen LogP contribution in [0, 0.1) is 5.82 Å². The Morgan fingerprint density at radius 3 is 2.81 bits per heavy atom. The van der Waals surface area contributed by atoms with Crippen molar-refractivity contribution in [2.24, 2.45) is 0 Å². The Labute approximate surface area is 163 Å².